The Balaban J connectivity index is 2.17. The van der Waals surface area contributed by atoms with Gasteiger partial charge in [-0.3, -0.25) is 4.79 Å². The molecule has 0 aliphatic carbocycles. The topological polar surface area (TPSA) is 99.1 Å². The highest BCUT2D eigenvalue weighted by Crippen LogP contribution is 2.15. The maximum absolute atomic E-state index is 12.3. The van der Waals surface area contributed by atoms with Crippen molar-refractivity contribution >= 4 is 21.6 Å². The summed E-state index contributed by atoms with van der Waals surface area (Å²) in [6.07, 6.45) is 0.304. The summed E-state index contributed by atoms with van der Waals surface area (Å²) in [5.74, 6) is -0.406. The largest absolute Gasteiger partial charge is 0.322 e. The molecule has 0 atom stereocenters. The number of carbonyl (C=O) groups is 1. The second-order valence-corrected chi connectivity index (χ2v) is 6.78. The second-order valence-electron chi connectivity index (χ2n) is 5.02. The van der Waals surface area contributed by atoms with Gasteiger partial charge in [0.1, 0.15) is 0 Å². The monoisotopic (exact) mass is 343 g/mol. The minimum Gasteiger partial charge on any atom is -0.322 e. The highest BCUT2D eigenvalue weighted by Gasteiger charge is 2.15. The Labute approximate surface area is 141 Å². The quantitative estimate of drug-likeness (QED) is 0.840. The predicted molar refractivity (Wildman–Crippen MR) is 91.0 cm³/mol. The number of benzene rings is 2. The molecule has 0 aliphatic rings. The number of nitrogens with one attached hydrogen (secondary N) is 2. The van der Waals surface area contributed by atoms with E-state index in [0.29, 0.717) is 12.1 Å². The van der Waals surface area contributed by atoms with E-state index >= 15 is 0 Å². The van der Waals surface area contributed by atoms with Crippen molar-refractivity contribution in [3.05, 3.63) is 59.7 Å². The van der Waals surface area contributed by atoms with E-state index in [1.807, 2.05) is 0 Å². The van der Waals surface area contributed by atoms with Crippen molar-refractivity contribution in [1.29, 1.82) is 5.26 Å². The van der Waals surface area contributed by atoms with Gasteiger partial charge in [0.05, 0.1) is 17.4 Å². The normalized spacial score (nSPS) is 10.8. The van der Waals surface area contributed by atoms with Crippen molar-refractivity contribution in [3.63, 3.8) is 0 Å². The summed E-state index contributed by atoms with van der Waals surface area (Å²) in [7, 11) is -3.61. The first-order valence-electron chi connectivity index (χ1n) is 7.33. The van der Waals surface area contributed by atoms with E-state index in [0.717, 1.165) is 5.56 Å². The lowest BCUT2D eigenvalue weighted by Crippen LogP contribution is -2.23. The van der Waals surface area contributed by atoms with E-state index in [9.17, 15) is 13.2 Å². The zero-order chi connectivity index (χ0) is 17.6. The molecule has 0 aromatic heterocycles. The Morgan fingerprint density at radius 1 is 1.17 bits per heavy atom. The van der Waals surface area contributed by atoms with Crippen LogP contribution in [0.2, 0.25) is 0 Å². The van der Waals surface area contributed by atoms with Crippen LogP contribution in [0.25, 0.3) is 0 Å². The molecule has 0 saturated heterocycles. The van der Waals surface area contributed by atoms with Crippen LogP contribution >= 0.6 is 0 Å². The van der Waals surface area contributed by atoms with Crippen molar-refractivity contribution in [2.75, 3.05) is 11.9 Å². The Morgan fingerprint density at radius 2 is 1.88 bits per heavy atom. The van der Waals surface area contributed by atoms with Gasteiger partial charge in [0.25, 0.3) is 5.91 Å². The van der Waals surface area contributed by atoms with Crippen LogP contribution < -0.4 is 10.0 Å². The molecule has 2 aromatic carbocycles. The third-order valence-electron chi connectivity index (χ3n) is 3.24. The van der Waals surface area contributed by atoms with Crippen LogP contribution in [0.15, 0.2) is 53.4 Å². The molecule has 124 valence electrons. The highest BCUT2D eigenvalue weighted by molar-refractivity contribution is 7.89. The number of nitrogens with zero attached hydrogens (tertiary/aromatic N) is 1. The smallest absolute Gasteiger partial charge is 0.255 e. The molecule has 0 spiro atoms. The minimum absolute atomic E-state index is 0.0429. The van der Waals surface area contributed by atoms with Gasteiger partial charge in [-0.05, 0) is 35.9 Å². The van der Waals surface area contributed by atoms with Crippen molar-refractivity contribution < 1.29 is 13.2 Å². The summed E-state index contributed by atoms with van der Waals surface area (Å²) < 4.78 is 26.4. The number of hydrogen-bond donors (Lipinski definition) is 2. The lowest BCUT2D eigenvalue weighted by molar-refractivity contribution is 0.102. The molecule has 2 aromatic rings. The summed E-state index contributed by atoms with van der Waals surface area (Å²) in [5, 5.41) is 11.3. The van der Waals surface area contributed by atoms with Gasteiger partial charge in [-0.1, -0.05) is 25.1 Å². The first kappa shape index (κ1) is 17.7. The van der Waals surface area contributed by atoms with Gasteiger partial charge >= 0.3 is 0 Å². The van der Waals surface area contributed by atoms with E-state index in [1.54, 1.807) is 37.3 Å². The van der Waals surface area contributed by atoms with Gasteiger partial charge in [-0.25, -0.2) is 13.1 Å². The highest BCUT2D eigenvalue weighted by atomic mass is 32.2. The van der Waals surface area contributed by atoms with Gasteiger partial charge in [0, 0.05) is 17.8 Å². The molecule has 0 fully saturated rings. The van der Waals surface area contributed by atoms with Crippen molar-refractivity contribution in [2.24, 2.45) is 0 Å². The third kappa shape index (κ3) is 4.41. The third-order valence-corrected chi connectivity index (χ3v) is 4.78. The first-order chi connectivity index (χ1) is 11.5. The summed E-state index contributed by atoms with van der Waals surface area (Å²) in [4.78, 5) is 12.3. The van der Waals surface area contributed by atoms with Gasteiger partial charge < -0.3 is 5.32 Å². The maximum Gasteiger partial charge on any atom is 0.255 e. The van der Waals surface area contributed by atoms with E-state index < -0.39 is 15.9 Å². The van der Waals surface area contributed by atoms with Crippen molar-refractivity contribution in [2.45, 2.75) is 18.2 Å². The predicted octanol–water partition coefficient (Wildman–Crippen LogP) is 2.30. The number of rotatable bonds is 6. The molecular formula is C17H17N3O3S. The molecule has 0 saturated carbocycles. The zero-order valence-electron chi connectivity index (χ0n) is 13.1. The lowest BCUT2D eigenvalue weighted by atomic mass is 10.1. The summed E-state index contributed by atoms with van der Waals surface area (Å²) >= 11 is 0. The minimum atomic E-state index is -3.61. The second kappa shape index (κ2) is 7.73. The van der Waals surface area contributed by atoms with Gasteiger partial charge in [0.2, 0.25) is 10.0 Å². The molecule has 0 aliphatic heterocycles. The van der Waals surface area contributed by atoms with Crippen molar-refractivity contribution in [1.82, 2.24) is 4.72 Å². The zero-order valence-corrected chi connectivity index (χ0v) is 13.9. The average Bonchev–Trinajstić information content (AvgIpc) is 2.57. The molecule has 2 rings (SSSR count). The molecule has 1 amide bonds. The van der Waals surface area contributed by atoms with Crippen LogP contribution in [0.4, 0.5) is 5.69 Å². The fourth-order valence-electron chi connectivity index (χ4n) is 2.08. The average molecular weight is 343 g/mol. The molecular weight excluding hydrogens is 326 g/mol. The molecule has 0 unspecified atom stereocenters. The number of nitriles is 1. The van der Waals surface area contributed by atoms with Gasteiger partial charge in [-0.2, -0.15) is 5.26 Å². The first-order valence-corrected chi connectivity index (χ1v) is 8.81. The van der Waals surface area contributed by atoms with Gasteiger partial charge in [0.15, 0.2) is 0 Å². The van der Waals surface area contributed by atoms with Crippen molar-refractivity contribution in [3.8, 4) is 6.07 Å². The molecule has 2 N–H and O–H groups in total. The summed E-state index contributed by atoms with van der Waals surface area (Å²) in [6.45, 7) is 1.96. The van der Waals surface area contributed by atoms with E-state index in [-0.39, 0.29) is 17.0 Å². The van der Waals surface area contributed by atoms with Crippen LogP contribution in [-0.2, 0) is 16.4 Å². The Morgan fingerprint density at radius 3 is 2.50 bits per heavy atom. The number of anilines is 1. The molecule has 7 heteroatoms. The Bertz CT molecular complexity index is 869. The summed E-state index contributed by atoms with van der Waals surface area (Å²) in [5.41, 5.74) is 1.67. The molecule has 6 nitrogen and oxygen atoms in total. The molecule has 0 heterocycles. The van der Waals surface area contributed by atoms with Crippen LogP contribution in [0.5, 0.6) is 0 Å². The maximum atomic E-state index is 12.3. The van der Waals surface area contributed by atoms with Crippen LogP contribution in [-0.4, -0.2) is 20.9 Å². The fraction of sp³-hybridized carbons (Fsp3) is 0.176. The fourth-order valence-corrected chi connectivity index (χ4v) is 3.16. The molecule has 0 bridgehead atoms. The van der Waals surface area contributed by atoms with Crippen LogP contribution in [0.1, 0.15) is 22.8 Å². The van der Waals surface area contributed by atoms with Crippen LogP contribution in [0, 0.1) is 11.3 Å². The van der Waals surface area contributed by atoms with E-state index in [1.165, 1.54) is 18.2 Å². The number of carbonyl (C=O) groups excluding carboxylic acids is 1. The van der Waals surface area contributed by atoms with E-state index in [2.05, 4.69) is 16.1 Å². The molecule has 0 radical (unpaired) electrons. The standard InChI is InChI=1S/C17H17N3O3S/c1-2-19-24(22,23)16-5-3-4-14(12-16)17(21)20-15-8-6-13(7-9-15)10-11-18/h3-9,12,19H,2,10H2,1H3,(H,20,21). The lowest BCUT2D eigenvalue weighted by Gasteiger charge is -2.08. The SMILES string of the molecule is CCNS(=O)(=O)c1cccc(C(=O)Nc2ccc(CC#N)cc2)c1. The Kier molecular flexibility index (Phi) is 5.68. The number of hydrogen-bond acceptors (Lipinski definition) is 4. The van der Waals surface area contributed by atoms with Gasteiger partial charge in [-0.15, -0.1) is 0 Å². The Hall–Kier alpha value is -2.69. The van der Waals surface area contributed by atoms with E-state index in [4.69, 9.17) is 5.26 Å². The summed E-state index contributed by atoms with van der Waals surface area (Å²) in [6, 6.07) is 14.8. The van der Waals surface area contributed by atoms with Crippen LogP contribution in [0.3, 0.4) is 0 Å². The number of amides is 1. The molecule has 24 heavy (non-hydrogen) atoms. The number of sulfonamides is 1.